The van der Waals surface area contributed by atoms with Crippen molar-refractivity contribution in [2.45, 2.75) is 6.10 Å². The van der Waals surface area contributed by atoms with Crippen LogP contribution in [0.15, 0.2) is 36.8 Å². The van der Waals surface area contributed by atoms with E-state index in [0.29, 0.717) is 24.6 Å². The van der Waals surface area contributed by atoms with Crippen LogP contribution in [-0.4, -0.2) is 66.4 Å². The van der Waals surface area contributed by atoms with Crippen LogP contribution >= 0.6 is 0 Å². The summed E-state index contributed by atoms with van der Waals surface area (Å²) >= 11 is 0. The van der Waals surface area contributed by atoms with Crippen molar-refractivity contribution < 1.29 is 9.47 Å². The van der Waals surface area contributed by atoms with Gasteiger partial charge in [0.1, 0.15) is 18.5 Å². The van der Waals surface area contributed by atoms with Crippen LogP contribution in [0.3, 0.4) is 0 Å². The second-order valence-corrected chi connectivity index (χ2v) is 6.54. The molecule has 8 nitrogen and oxygen atoms in total. The number of morpholine rings is 1. The summed E-state index contributed by atoms with van der Waals surface area (Å²) in [6.45, 7) is 2.73. The van der Waals surface area contributed by atoms with Crippen LogP contribution in [0, 0.1) is 0 Å². The summed E-state index contributed by atoms with van der Waals surface area (Å²) in [5.41, 5.74) is 3.02. The maximum atomic E-state index is 5.98. The zero-order valence-corrected chi connectivity index (χ0v) is 15.4. The third kappa shape index (κ3) is 3.96. The van der Waals surface area contributed by atoms with Gasteiger partial charge >= 0.3 is 0 Å². The second-order valence-electron chi connectivity index (χ2n) is 6.54. The Kier molecular flexibility index (Phi) is 5.08. The van der Waals surface area contributed by atoms with Crippen molar-refractivity contribution in [3.8, 4) is 17.1 Å². The predicted molar refractivity (Wildman–Crippen MR) is 103 cm³/mol. The molecule has 0 saturated carbocycles. The molecular weight excluding hydrogens is 344 g/mol. The molecule has 4 rings (SSSR count). The second kappa shape index (κ2) is 7.81. The molecule has 0 aromatic carbocycles. The lowest BCUT2D eigenvalue weighted by Crippen LogP contribution is -2.41. The number of fused-ring (bicyclic) bond motifs is 1. The number of pyridine rings is 2. The van der Waals surface area contributed by atoms with E-state index < -0.39 is 0 Å². The summed E-state index contributed by atoms with van der Waals surface area (Å²) < 4.78 is 11.7. The molecule has 1 fully saturated rings. The smallest absolute Gasteiger partial charge is 0.242 e. The van der Waals surface area contributed by atoms with E-state index in [-0.39, 0.29) is 6.10 Å². The van der Waals surface area contributed by atoms with Gasteiger partial charge < -0.3 is 19.7 Å². The average Bonchev–Trinajstić information content (AvgIpc) is 2.72. The lowest BCUT2D eigenvalue weighted by atomic mass is 10.1. The first-order chi connectivity index (χ1) is 13.2. The molecule has 0 aliphatic carbocycles. The number of rotatable bonds is 5. The van der Waals surface area contributed by atoms with Gasteiger partial charge in [0.15, 0.2) is 5.52 Å². The van der Waals surface area contributed by atoms with Crippen LogP contribution in [0.2, 0.25) is 0 Å². The standard InChI is InChI=1S/C19H22N6O2/c1-25(2)17-4-3-13(10-23-17)15-9-16-18(22-6-5-21-16)19(24-15)27-12-14-11-20-7-8-26-14/h3-6,9-10,14,20H,7-8,11-12H2,1-2H3/t14-/m1/s1. The third-order valence-corrected chi connectivity index (χ3v) is 4.34. The van der Waals surface area contributed by atoms with E-state index in [1.165, 1.54) is 0 Å². The Hall–Kier alpha value is -2.84. The van der Waals surface area contributed by atoms with Crippen LogP contribution in [0.1, 0.15) is 0 Å². The van der Waals surface area contributed by atoms with Crippen molar-refractivity contribution in [1.82, 2.24) is 25.3 Å². The number of nitrogens with zero attached hydrogens (tertiary/aromatic N) is 5. The minimum absolute atomic E-state index is 0.00281. The molecule has 0 radical (unpaired) electrons. The van der Waals surface area contributed by atoms with E-state index in [9.17, 15) is 0 Å². The summed E-state index contributed by atoms with van der Waals surface area (Å²) in [5.74, 6) is 1.35. The molecule has 0 unspecified atom stereocenters. The molecule has 1 saturated heterocycles. The van der Waals surface area contributed by atoms with E-state index in [2.05, 4.69) is 25.3 Å². The maximum absolute atomic E-state index is 5.98. The van der Waals surface area contributed by atoms with E-state index in [4.69, 9.17) is 9.47 Å². The highest BCUT2D eigenvalue weighted by molar-refractivity contribution is 5.83. The van der Waals surface area contributed by atoms with Gasteiger partial charge in [0.05, 0.1) is 17.8 Å². The van der Waals surface area contributed by atoms with Gasteiger partial charge in [0.2, 0.25) is 5.88 Å². The molecule has 1 aliphatic rings. The van der Waals surface area contributed by atoms with E-state index in [1.807, 2.05) is 37.2 Å². The molecule has 0 amide bonds. The van der Waals surface area contributed by atoms with E-state index in [0.717, 1.165) is 35.7 Å². The van der Waals surface area contributed by atoms with Gasteiger partial charge in [-0.25, -0.2) is 15.0 Å². The number of nitrogens with one attached hydrogen (secondary N) is 1. The Balaban J connectivity index is 1.65. The monoisotopic (exact) mass is 366 g/mol. The summed E-state index contributed by atoms with van der Waals surface area (Å²) in [6, 6.07) is 5.85. The highest BCUT2D eigenvalue weighted by Gasteiger charge is 2.17. The van der Waals surface area contributed by atoms with Crippen molar-refractivity contribution in [3.05, 3.63) is 36.8 Å². The quantitative estimate of drug-likeness (QED) is 0.727. The highest BCUT2D eigenvalue weighted by atomic mass is 16.5. The van der Waals surface area contributed by atoms with Crippen molar-refractivity contribution in [3.63, 3.8) is 0 Å². The van der Waals surface area contributed by atoms with E-state index >= 15 is 0 Å². The van der Waals surface area contributed by atoms with Crippen LogP contribution in [0.25, 0.3) is 22.3 Å². The van der Waals surface area contributed by atoms with Gasteiger partial charge in [0.25, 0.3) is 0 Å². The summed E-state index contributed by atoms with van der Waals surface area (Å²) in [6.07, 6.45) is 5.11. The first-order valence-corrected chi connectivity index (χ1v) is 8.91. The molecule has 140 valence electrons. The van der Waals surface area contributed by atoms with Gasteiger partial charge in [-0.1, -0.05) is 0 Å². The average molecular weight is 366 g/mol. The first-order valence-electron chi connectivity index (χ1n) is 8.91. The van der Waals surface area contributed by atoms with Crippen LogP contribution in [0.5, 0.6) is 5.88 Å². The lowest BCUT2D eigenvalue weighted by Gasteiger charge is -2.23. The summed E-state index contributed by atoms with van der Waals surface area (Å²) in [7, 11) is 3.92. The van der Waals surface area contributed by atoms with Gasteiger partial charge in [-0.05, 0) is 18.2 Å². The molecule has 3 aromatic heterocycles. The Labute approximate surface area is 157 Å². The van der Waals surface area contributed by atoms with Gasteiger partial charge in [-0.15, -0.1) is 0 Å². The summed E-state index contributed by atoms with van der Waals surface area (Å²) in [4.78, 5) is 19.9. The largest absolute Gasteiger partial charge is 0.473 e. The molecule has 1 N–H and O–H groups in total. The molecule has 27 heavy (non-hydrogen) atoms. The Morgan fingerprint density at radius 3 is 2.85 bits per heavy atom. The molecule has 0 spiro atoms. The molecule has 1 atom stereocenters. The fourth-order valence-corrected chi connectivity index (χ4v) is 2.89. The summed E-state index contributed by atoms with van der Waals surface area (Å²) in [5, 5.41) is 3.29. The van der Waals surface area contributed by atoms with Crippen molar-refractivity contribution >= 4 is 16.9 Å². The fraction of sp³-hybridized carbons (Fsp3) is 0.368. The fourth-order valence-electron chi connectivity index (χ4n) is 2.89. The predicted octanol–water partition coefficient (Wildman–Crippen LogP) is 1.52. The van der Waals surface area contributed by atoms with Gasteiger partial charge in [-0.3, -0.25) is 4.98 Å². The molecule has 1 aliphatic heterocycles. The lowest BCUT2D eigenvalue weighted by molar-refractivity contribution is -0.000407. The van der Waals surface area contributed by atoms with Crippen molar-refractivity contribution in [2.24, 2.45) is 0 Å². The number of hydrogen-bond acceptors (Lipinski definition) is 8. The van der Waals surface area contributed by atoms with Crippen molar-refractivity contribution in [1.29, 1.82) is 0 Å². The van der Waals surface area contributed by atoms with E-state index in [1.54, 1.807) is 18.6 Å². The Bertz CT molecular complexity index is 910. The maximum Gasteiger partial charge on any atom is 0.242 e. The number of anilines is 1. The van der Waals surface area contributed by atoms with Gasteiger partial charge in [-0.2, -0.15) is 0 Å². The minimum Gasteiger partial charge on any atom is -0.473 e. The number of aromatic nitrogens is 4. The number of hydrogen-bond donors (Lipinski definition) is 1. The first kappa shape index (κ1) is 17.6. The third-order valence-electron chi connectivity index (χ3n) is 4.34. The topological polar surface area (TPSA) is 85.3 Å². The van der Waals surface area contributed by atoms with Crippen molar-refractivity contribution in [2.75, 3.05) is 45.3 Å². The van der Waals surface area contributed by atoms with Gasteiger partial charge in [0, 0.05) is 51.3 Å². The number of ether oxygens (including phenoxy) is 2. The Morgan fingerprint density at radius 2 is 2.11 bits per heavy atom. The molecule has 0 bridgehead atoms. The SMILES string of the molecule is CN(C)c1ccc(-c2cc3nccnc3c(OC[C@H]3CNCCO3)n2)cn1. The van der Waals surface area contributed by atoms with Crippen LogP contribution < -0.4 is 15.0 Å². The molecular formula is C19H22N6O2. The molecule has 8 heteroatoms. The molecule has 3 aromatic rings. The minimum atomic E-state index is -0.00281. The highest BCUT2D eigenvalue weighted by Crippen LogP contribution is 2.27. The van der Waals surface area contributed by atoms with Crippen LogP contribution in [-0.2, 0) is 4.74 Å². The zero-order valence-electron chi connectivity index (χ0n) is 15.4. The van der Waals surface area contributed by atoms with Crippen LogP contribution in [0.4, 0.5) is 5.82 Å². The Morgan fingerprint density at radius 1 is 1.22 bits per heavy atom. The molecule has 4 heterocycles. The zero-order chi connectivity index (χ0) is 18.6. The normalized spacial score (nSPS) is 17.0.